The standard InChI is InChI=1S/C19H26N2O2/c1-4-17(19(22)20-13-8-14-21(2)3)23-18-12-7-10-15-9-5-6-11-16(15)18/h5-7,9-12,17H,4,8,13-14H2,1-3H3,(H,20,22). The van der Waals surface area contributed by atoms with E-state index in [1.165, 1.54) is 0 Å². The van der Waals surface area contributed by atoms with Crippen LogP contribution >= 0.6 is 0 Å². The fourth-order valence-corrected chi connectivity index (χ4v) is 2.49. The molecule has 0 spiro atoms. The van der Waals surface area contributed by atoms with Crippen molar-refractivity contribution in [3.63, 3.8) is 0 Å². The van der Waals surface area contributed by atoms with E-state index in [2.05, 4.69) is 10.2 Å². The van der Waals surface area contributed by atoms with Crippen LogP contribution < -0.4 is 10.1 Å². The highest BCUT2D eigenvalue weighted by Gasteiger charge is 2.18. The molecule has 1 atom stereocenters. The van der Waals surface area contributed by atoms with E-state index in [4.69, 9.17) is 4.74 Å². The quantitative estimate of drug-likeness (QED) is 0.761. The zero-order valence-corrected chi connectivity index (χ0v) is 14.2. The molecule has 1 unspecified atom stereocenters. The highest BCUT2D eigenvalue weighted by atomic mass is 16.5. The van der Waals surface area contributed by atoms with Gasteiger partial charge in [-0.3, -0.25) is 4.79 Å². The number of fused-ring (bicyclic) bond motifs is 1. The fraction of sp³-hybridized carbons (Fsp3) is 0.421. The number of carbonyl (C=O) groups excluding carboxylic acids is 1. The first kappa shape index (κ1) is 17.3. The molecule has 1 N–H and O–H groups in total. The van der Waals surface area contributed by atoms with Gasteiger partial charge in [-0.05, 0) is 44.9 Å². The number of nitrogens with zero attached hydrogens (tertiary/aromatic N) is 1. The van der Waals surface area contributed by atoms with E-state index in [0.717, 1.165) is 29.5 Å². The van der Waals surface area contributed by atoms with Crippen LogP contribution in [-0.2, 0) is 4.79 Å². The average Bonchev–Trinajstić information content (AvgIpc) is 2.56. The van der Waals surface area contributed by atoms with E-state index >= 15 is 0 Å². The van der Waals surface area contributed by atoms with Gasteiger partial charge in [-0.25, -0.2) is 0 Å². The molecule has 4 nitrogen and oxygen atoms in total. The van der Waals surface area contributed by atoms with Crippen molar-refractivity contribution < 1.29 is 9.53 Å². The van der Waals surface area contributed by atoms with Gasteiger partial charge in [0.15, 0.2) is 6.10 Å². The van der Waals surface area contributed by atoms with Crippen molar-refractivity contribution >= 4 is 16.7 Å². The van der Waals surface area contributed by atoms with Crippen molar-refractivity contribution in [2.24, 2.45) is 0 Å². The summed E-state index contributed by atoms with van der Waals surface area (Å²) in [6.45, 7) is 3.60. The summed E-state index contributed by atoms with van der Waals surface area (Å²) in [5.74, 6) is 0.720. The molecule has 0 saturated heterocycles. The van der Waals surface area contributed by atoms with Gasteiger partial charge >= 0.3 is 0 Å². The van der Waals surface area contributed by atoms with E-state index in [1.54, 1.807) is 0 Å². The molecule has 0 aliphatic carbocycles. The van der Waals surface area contributed by atoms with E-state index in [1.807, 2.05) is 63.5 Å². The zero-order chi connectivity index (χ0) is 16.7. The average molecular weight is 314 g/mol. The second-order valence-electron chi connectivity index (χ2n) is 5.94. The van der Waals surface area contributed by atoms with Gasteiger partial charge in [-0.15, -0.1) is 0 Å². The number of hydrogen-bond donors (Lipinski definition) is 1. The Morgan fingerprint density at radius 3 is 2.65 bits per heavy atom. The Labute approximate surface area is 138 Å². The van der Waals surface area contributed by atoms with Crippen LogP contribution in [0.4, 0.5) is 0 Å². The number of carbonyl (C=O) groups is 1. The maximum absolute atomic E-state index is 12.3. The molecule has 1 amide bonds. The maximum atomic E-state index is 12.3. The molecule has 2 aromatic rings. The number of nitrogens with one attached hydrogen (secondary N) is 1. The van der Waals surface area contributed by atoms with Crippen LogP contribution in [0.1, 0.15) is 19.8 Å². The van der Waals surface area contributed by atoms with E-state index in [0.29, 0.717) is 13.0 Å². The summed E-state index contributed by atoms with van der Waals surface area (Å²) < 4.78 is 5.99. The molecule has 0 saturated carbocycles. The highest BCUT2D eigenvalue weighted by molar-refractivity contribution is 5.89. The van der Waals surface area contributed by atoms with Crippen LogP contribution in [0.15, 0.2) is 42.5 Å². The molecule has 0 heterocycles. The third kappa shape index (κ3) is 4.96. The lowest BCUT2D eigenvalue weighted by Crippen LogP contribution is -2.39. The molecule has 0 aromatic heterocycles. The SMILES string of the molecule is CCC(Oc1cccc2ccccc12)C(=O)NCCCN(C)C. The predicted octanol–water partition coefficient (Wildman–Crippen LogP) is 3.07. The first-order valence-electron chi connectivity index (χ1n) is 8.18. The summed E-state index contributed by atoms with van der Waals surface area (Å²) in [7, 11) is 4.06. The molecule has 0 bridgehead atoms. The lowest BCUT2D eigenvalue weighted by Gasteiger charge is -2.19. The normalized spacial score (nSPS) is 12.3. The van der Waals surface area contributed by atoms with Crippen molar-refractivity contribution in [3.8, 4) is 5.75 Å². The van der Waals surface area contributed by atoms with Crippen LogP contribution in [0.2, 0.25) is 0 Å². The summed E-state index contributed by atoms with van der Waals surface area (Å²) in [6, 6.07) is 14.0. The Morgan fingerprint density at radius 2 is 1.91 bits per heavy atom. The molecule has 124 valence electrons. The van der Waals surface area contributed by atoms with Gasteiger partial charge in [0.25, 0.3) is 5.91 Å². The Balaban J connectivity index is 1.99. The van der Waals surface area contributed by atoms with Gasteiger partial charge in [-0.2, -0.15) is 0 Å². The number of ether oxygens (including phenoxy) is 1. The zero-order valence-electron chi connectivity index (χ0n) is 14.2. The van der Waals surface area contributed by atoms with Crippen molar-refractivity contribution in [2.45, 2.75) is 25.9 Å². The monoisotopic (exact) mass is 314 g/mol. The third-order valence-electron chi connectivity index (χ3n) is 3.76. The van der Waals surface area contributed by atoms with Crippen LogP contribution in [0, 0.1) is 0 Å². The minimum atomic E-state index is -0.458. The fourth-order valence-electron chi connectivity index (χ4n) is 2.49. The van der Waals surface area contributed by atoms with Crippen LogP contribution in [0.5, 0.6) is 5.75 Å². The first-order valence-corrected chi connectivity index (χ1v) is 8.18. The summed E-state index contributed by atoms with van der Waals surface area (Å²) >= 11 is 0. The van der Waals surface area contributed by atoms with Crippen molar-refractivity contribution in [1.82, 2.24) is 10.2 Å². The first-order chi connectivity index (χ1) is 11.1. The van der Waals surface area contributed by atoms with Gasteiger partial charge in [-0.1, -0.05) is 43.3 Å². The molecule has 4 heteroatoms. The van der Waals surface area contributed by atoms with Gasteiger partial charge < -0.3 is 15.0 Å². The van der Waals surface area contributed by atoms with Gasteiger partial charge in [0, 0.05) is 11.9 Å². The van der Waals surface area contributed by atoms with Gasteiger partial charge in [0.1, 0.15) is 5.75 Å². The van der Waals surface area contributed by atoms with E-state index < -0.39 is 6.10 Å². The second-order valence-corrected chi connectivity index (χ2v) is 5.94. The summed E-state index contributed by atoms with van der Waals surface area (Å²) in [5, 5.41) is 5.12. The molecule has 2 rings (SSSR count). The maximum Gasteiger partial charge on any atom is 0.261 e. The van der Waals surface area contributed by atoms with Crippen LogP contribution in [-0.4, -0.2) is 44.1 Å². The smallest absolute Gasteiger partial charge is 0.261 e. The molecular formula is C19H26N2O2. The van der Waals surface area contributed by atoms with Gasteiger partial charge in [0.2, 0.25) is 0 Å². The van der Waals surface area contributed by atoms with Crippen molar-refractivity contribution in [3.05, 3.63) is 42.5 Å². The highest BCUT2D eigenvalue weighted by Crippen LogP contribution is 2.26. The Hall–Kier alpha value is -2.07. The molecule has 0 fully saturated rings. The lowest BCUT2D eigenvalue weighted by molar-refractivity contribution is -0.128. The van der Waals surface area contributed by atoms with Crippen LogP contribution in [0.3, 0.4) is 0 Å². The molecule has 0 aliphatic heterocycles. The second kappa shape index (κ2) is 8.53. The van der Waals surface area contributed by atoms with Gasteiger partial charge in [0.05, 0.1) is 0 Å². The Bertz CT molecular complexity index is 635. The minimum Gasteiger partial charge on any atom is -0.480 e. The summed E-state index contributed by atoms with van der Waals surface area (Å²) in [5.41, 5.74) is 0. The van der Waals surface area contributed by atoms with Crippen molar-refractivity contribution in [2.75, 3.05) is 27.2 Å². The molecule has 0 aliphatic rings. The molecule has 2 aromatic carbocycles. The van der Waals surface area contributed by atoms with E-state index in [9.17, 15) is 4.79 Å². The summed E-state index contributed by atoms with van der Waals surface area (Å²) in [6.07, 6.45) is 1.12. The third-order valence-corrected chi connectivity index (χ3v) is 3.76. The van der Waals surface area contributed by atoms with Crippen molar-refractivity contribution in [1.29, 1.82) is 0 Å². The Morgan fingerprint density at radius 1 is 1.17 bits per heavy atom. The van der Waals surface area contributed by atoms with E-state index in [-0.39, 0.29) is 5.91 Å². The topological polar surface area (TPSA) is 41.6 Å². The lowest BCUT2D eigenvalue weighted by atomic mass is 10.1. The largest absolute Gasteiger partial charge is 0.480 e. The minimum absolute atomic E-state index is 0.0424. The van der Waals surface area contributed by atoms with Crippen LogP contribution in [0.25, 0.3) is 10.8 Å². The Kier molecular flexibility index (Phi) is 6.41. The summed E-state index contributed by atoms with van der Waals surface area (Å²) in [4.78, 5) is 14.4. The number of amides is 1. The predicted molar refractivity (Wildman–Crippen MR) is 94.8 cm³/mol. The number of benzene rings is 2. The molecule has 0 radical (unpaired) electrons. The number of rotatable bonds is 8. The number of hydrogen-bond acceptors (Lipinski definition) is 3. The molecular weight excluding hydrogens is 288 g/mol. The molecule has 23 heavy (non-hydrogen) atoms.